The van der Waals surface area contributed by atoms with Crippen molar-refractivity contribution in [2.24, 2.45) is 0 Å². The monoisotopic (exact) mass is 350 g/mol. The van der Waals surface area contributed by atoms with E-state index in [1.165, 1.54) is 16.2 Å². The number of hydrogen-bond acceptors (Lipinski definition) is 5. The minimum Gasteiger partial charge on any atom is -0.373 e. The highest BCUT2D eigenvalue weighted by Gasteiger charge is 2.41. The second-order valence-corrected chi connectivity index (χ2v) is 8.50. The van der Waals surface area contributed by atoms with Crippen molar-refractivity contribution in [2.75, 3.05) is 39.9 Å². The first-order chi connectivity index (χ1) is 11.6. The average Bonchev–Trinajstić information content (AvgIpc) is 3.25. The number of nitrogens with zero attached hydrogens (tertiary/aromatic N) is 2. The third kappa shape index (κ3) is 3.38. The number of carbonyl (C=O) groups is 1. The maximum absolute atomic E-state index is 11.6. The Morgan fingerprint density at radius 1 is 1.33 bits per heavy atom. The summed E-state index contributed by atoms with van der Waals surface area (Å²) in [6.07, 6.45) is 4.69. The molecule has 24 heavy (non-hydrogen) atoms. The number of ether oxygens (including phenoxy) is 2. The van der Waals surface area contributed by atoms with Gasteiger partial charge in [0.15, 0.2) is 0 Å². The van der Waals surface area contributed by atoms with Crippen LogP contribution in [0.15, 0.2) is 12.1 Å². The summed E-state index contributed by atoms with van der Waals surface area (Å²) in [5, 5.41) is 0. The van der Waals surface area contributed by atoms with E-state index in [9.17, 15) is 4.79 Å². The van der Waals surface area contributed by atoms with E-state index in [1.807, 2.05) is 23.3 Å². The molecule has 1 amide bonds. The lowest BCUT2D eigenvalue weighted by Crippen LogP contribution is -2.57. The highest BCUT2D eigenvalue weighted by atomic mass is 32.1. The van der Waals surface area contributed by atoms with Gasteiger partial charge in [0, 0.05) is 49.6 Å². The number of likely N-dealkylation sites (N-methyl/N-ethyl adjacent to an activating group) is 1. The largest absolute Gasteiger partial charge is 0.373 e. The topological polar surface area (TPSA) is 42.0 Å². The van der Waals surface area contributed by atoms with E-state index in [0.717, 1.165) is 52.0 Å². The Hall–Kier alpha value is -0.950. The highest BCUT2D eigenvalue weighted by Crippen LogP contribution is 2.35. The minimum atomic E-state index is -0.114. The first-order valence-corrected chi connectivity index (χ1v) is 9.76. The zero-order valence-electron chi connectivity index (χ0n) is 14.3. The molecule has 1 aromatic rings. The summed E-state index contributed by atoms with van der Waals surface area (Å²) >= 11 is 1.90. The van der Waals surface area contributed by atoms with Gasteiger partial charge in [-0.2, -0.15) is 0 Å². The molecule has 0 aliphatic carbocycles. The fraction of sp³-hybridized carbons (Fsp3) is 0.722. The number of rotatable bonds is 3. The van der Waals surface area contributed by atoms with Gasteiger partial charge in [-0.05, 0) is 37.8 Å². The van der Waals surface area contributed by atoms with Crippen LogP contribution in [0.4, 0.5) is 0 Å². The summed E-state index contributed by atoms with van der Waals surface area (Å²) in [5.74, 6) is 0.100. The second-order valence-electron chi connectivity index (χ2n) is 7.30. The van der Waals surface area contributed by atoms with Crippen molar-refractivity contribution in [1.29, 1.82) is 0 Å². The highest BCUT2D eigenvalue weighted by molar-refractivity contribution is 7.12. The van der Waals surface area contributed by atoms with Crippen molar-refractivity contribution < 1.29 is 14.3 Å². The van der Waals surface area contributed by atoms with Crippen LogP contribution in [0.2, 0.25) is 0 Å². The molecule has 3 saturated heterocycles. The zero-order valence-corrected chi connectivity index (χ0v) is 15.1. The van der Waals surface area contributed by atoms with Gasteiger partial charge in [0.2, 0.25) is 5.91 Å². The fourth-order valence-corrected chi connectivity index (χ4v) is 5.13. The quantitative estimate of drug-likeness (QED) is 0.840. The molecular formula is C18H26N2O3S. The van der Waals surface area contributed by atoms with Crippen molar-refractivity contribution in [3.63, 3.8) is 0 Å². The predicted octanol–water partition coefficient (Wildman–Crippen LogP) is 2.42. The molecule has 0 aromatic carbocycles. The van der Waals surface area contributed by atoms with Crippen LogP contribution in [0, 0.1) is 0 Å². The second kappa shape index (κ2) is 6.75. The molecule has 1 unspecified atom stereocenters. The molecule has 4 heterocycles. The molecule has 132 valence electrons. The van der Waals surface area contributed by atoms with E-state index in [4.69, 9.17) is 9.47 Å². The summed E-state index contributed by atoms with van der Waals surface area (Å²) in [7, 11) is 1.89. The van der Waals surface area contributed by atoms with Crippen molar-refractivity contribution in [2.45, 2.75) is 43.9 Å². The summed E-state index contributed by atoms with van der Waals surface area (Å²) in [4.78, 5) is 18.8. The Kier molecular flexibility index (Phi) is 4.64. The van der Waals surface area contributed by atoms with E-state index in [1.54, 1.807) is 0 Å². The third-order valence-corrected chi connectivity index (χ3v) is 6.69. The van der Waals surface area contributed by atoms with Crippen molar-refractivity contribution >= 4 is 17.2 Å². The van der Waals surface area contributed by atoms with Gasteiger partial charge in [-0.15, -0.1) is 11.3 Å². The summed E-state index contributed by atoms with van der Waals surface area (Å²) < 4.78 is 11.7. The van der Waals surface area contributed by atoms with Gasteiger partial charge in [0.25, 0.3) is 0 Å². The van der Waals surface area contributed by atoms with Crippen LogP contribution in [0.1, 0.15) is 41.5 Å². The predicted molar refractivity (Wildman–Crippen MR) is 93.1 cm³/mol. The molecule has 3 fully saturated rings. The fourth-order valence-electron chi connectivity index (χ4n) is 3.99. The van der Waals surface area contributed by atoms with Crippen LogP contribution in [-0.4, -0.2) is 61.2 Å². The van der Waals surface area contributed by atoms with E-state index in [2.05, 4.69) is 17.0 Å². The van der Waals surface area contributed by atoms with E-state index in [0.29, 0.717) is 6.10 Å². The van der Waals surface area contributed by atoms with E-state index < -0.39 is 0 Å². The molecule has 3 aliphatic rings. The molecule has 0 bridgehead atoms. The average molecular weight is 350 g/mol. The zero-order chi connectivity index (χ0) is 16.6. The number of hydrogen-bond donors (Lipinski definition) is 0. The molecule has 1 aromatic heterocycles. The van der Waals surface area contributed by atoms with Gasteiger partial charge >= 0.3 is 0 Å². The SMILES string of the molecule is CN1CC2(CCN(Cc3ccc(C4CCCO4)s3)CC2)OCC1=O. The first-order valence-electron chi connectivity index (χ1n) is 8.94. The smallest absolute Gasteiger partial charge is 0.248 e. The molecule has 1 spiro atoms. The Bertz CT molecular complexity index is 589. The maximum Gasteiger partial charge on any atom is 0.248 e. The number of likely N-dealkylation sites (tertiary alicyclic amines) is 1. The molecule has 0 radical (unpaired) electrons. The number of morpholine rings is 1. The summed E-state index contributed by atoms with van der Waals surface area (Å²) in [6.45, 7) is 4.98. The maximum atomic E-state index is 11.6. The van der Waals surface area contributed by atoms with Gasteiger partial charge in [-0.1, -0.05) is 0 Å². The Morgan fingerprint density at radius 3 is 2.88 bits per heavy atom. The number of amides is 1. The van der Waals surface area contributed by atoms with Crippen LogP contribution in [0.5, 0.6) is 0 Å². The number of thiophene rings is 1. The van der Waals surface area contributed by atoms with Gasteiger partial charge in [0.1, 0.15) is 6.61 Å². The van der Waals surface area contributed by atoms with Crippen LogP contribution in [-0.2, 0) is 20.8 Å². The number of piperidine rings is 1. The lowest BCUT2D eigenvalue weighted by Gasteiger charge is -2.46. The normalized spacial score (nSPS) is 28.0. The number of carbonyl (C=O) groups excluding carboxylic acids is 1. The summed E-state index contributed by atoms with van der Waals surface area (Å²) in [5.41, 5.74) is -0.114. The van der Waals surface area contributed by atoms with Crippen LogP contribution < -0.4 is 0 Å². The first kappa shape index (κ1) is 16.5. The molecule has 4 rings (SSSR count). The van der Waals surface area contributed by atoms with Crippen molar-refractivity contribution in [1.82, 2.24) is 9.80 Å². The van der Waals surface area contributed by atoms with E-state index >= 15 is 0 Å². The molecule has 6 heteroatoms. The van der Waals surface area contributed by atoms with Crippen LogP contribution >= 0.6 is 11.3 Å². The summed E-state index contributed by atoms with van der Waals surface area (Å²) in [6, 6.07) is 4.50. The Balaban J connectivity index is 1.31. The molecule has 0 N–H and O–H groups in total. The van der Waals surface area contributed by atoms with Crippen molar-refractivity contribution in [3.05, 3.63) is 21.9 Å². The molecule has 1 atom stereocenters. The third-order valence-electron chi connectivity index (χ3n) is 5.53. The molecule has 3 aliphatic heterocycles. The van der Waals surface area contributed by atoms with Gasteiger partial charge in [-0.25, -0.2) is 0 Å². The molecule has 5 nitrogen and oxygen atoms in total. The molecule has 0 saturated carbocycles. The van der Waals surface area contributed by atoms with Crippen LogP contribution in [0.25, 0.3) is 0 Å². The Morgan fingerprint density at radius 2 is 2.17 bits per heavy atom. The van der Waals surface area contributed by atoms with Gasteiger partial charge in [-0.3, -0.25) is 9.69 Å². The van der Waals surface area contributed by atoms with Gasteiger partial charge in [0.05, 0.1) is 11.7 Å². The standard InChI is InChI=1S/C18H26N2O3S/c1-19-13-18(23-12-17(19)21)6-8-20(9-7-18)11-14-4-5-16(24-14)15-3-2-10-22-15/h4-5,15H,2-3,6-13H2,1H3. The minimum absolute atomic E-state index is 0.100. The van der Waals surface area contributed by atoms with Crippen LogP contribution in [0.3, 0.4) is 0 Å². The van der Waals surface area contributed by atoms with Crippen molar-refractivity contribution in [3.8, 4) is 0 Å². The lowest BCUT2D eigenvalue weighted by atomic mass is 9.89. The lowest BCUT2D eigenvalue weighted by molar-refractivity contribution is -0.169. The van der Waals surface area contributed by atoms with Gasteiger partial charge < -0.3 is 14.4 Å². The molecular weight excluding hydrogens is 324 g/mol. The Labute approximate surface area is 147 Å². The van der Waals surface area contributed by atoms with E-state index in [-0.39, 0.29) is 18.1 Å².